The van der Waals surface area contributed by atoms with E-state index in [1.807, 2.05) is 23.1 Å². The van der Waals surface area contributed by atoms with Gasteiger partial charge in [-0.25, -0.2) is 0 Å². The van der Waals surface area contributed by atoms with Gasteiger partial charge in [0.05, 0.1) is 17.7 Å². The Labute approximate surface area is 124 Å². The first kappa shape index (κ1) is 15.1. The van der Waals surface area contributed by atoms with Crippen molar-refractivity contribution in [3.05, 3.63) is 29.3 Å². The molecule has 1 amide bonds. The minimum Gasteiger partial charge on any atom is -0.492 e. The Hall–Kier alpha value is -1.26. The average Bonchev–Trinajstić information content (AvgIpc) is 2.94. The summed E-state index contributed by atoms with van der Waals surface area (Å²) in [6.45, 7) is 2.00. The van der Waals surface area contributed by atoms with Crippen molar-refractivity contribution in [2.24, 2.45) is 0 Å². The topological polar surface area (TPSA) is 38.8 Å². The van der Waals surface area contributed by atoms with Gasteiger partial charge in [-0.15, -0.1) is 0 Å². The first-order valence-corrected chi connectivity index (χ1v) is 7.26. The predicted molar refractivity (Wildman–Crippen MR) is 78.2 cm³/mol. The summed E-state index contributed by atoms with van der Waals surface area (Å²) in [4.78, 5) is 13.8. The van der Waals surface area contributed by atoms with Crippen LogP contribution in [0.4, 0.5) is 0 Å². The lowest BCUT2D eigenvalue weighted by Gasteiger charge is -2.16. The molecule has 0 aliphatic carbocycles. The normalized spacial score (nSPS) is 18.3. The van der Waals surface area contributed by atoms with E-state index >= 15 is 0 Å². The fourth-order valence-electron chi connectivity index (χ4n) is 2.27. The van der Waals surface area contributed by atoms with Gasteiger partial charge in [0.25, 0.3) is 0 Å². The van der Waals surface area contributed by atoms with Crippen molar-refractivity contribution in [2.45, 2.75) is 25.4 Å². The molecular weight excluding hydrogens is 278 g/mol. The van der Waals surface area contributed by atoms with Gasteiger partial charge in [-0.05, 0) is 25.0 Å². The van der Waals surface area contributed by atoms with E-state index in [4.69, 9.17) is 21.1 Å². The molecule has 1 aliphatic rings. The van der Waals surface area contributed by atoms with E-state index in [1.54, 1.807) is 13.2 Å². The first-order chi connectivity index (χ1) is 9.70. The van der Waals surface area contributed by atoms with Gasteiger partial charge in [-0.2, -0.15) is 0 Å². The van der Waals surface area contributed by atoms with Crippen molar-refractivity contribution in [2.75, 3.05) is 26.8 Å². The number of ether oxygens (including phenoxy) is 2. The second kappa shape index (κ2) is 7.50. The first-order valence-electron chi connectivity index (χ1n) is 6.88. The SMILES string of the molecule is COC1CCN(C(=O)CCCOc2ccccc2Cl)C1. The van der Waals surface area contributed by atoms with Crippen LogP contribution in [0.3, 0.4) is 0 Å². The number of para-hydroxylation sites is 1. The fourth-order valence-corrected chi connectivity index (χ4v) is 2.46. The Kier molecular flexibility index (Phi) is 5.68. The Morgan fingerprint density at radius 3 is 2.95 bits per heavy atom. The zero-order valence-corrected chi connectivity index (χ0v) is 12.4. The summed E-state index contributed by atoms with van der Waals surface area (Å²) in [5.41, 5.74) is 0. The van der Waals surface area contributed by atoms with Crippen LogP contribution in [0.15, 0.2) is 24.3 Å². The quantitative estimate of drug-likeness (QED) is 0.758. The number of carbonyl (C=O) groups excluding carboxylic acids is 1. The molecule has 1 heterocycles. The lowest BCUT2D eigenvalue weighted by Crippen LogP contribution is -2.30. The Morgan fingerprint density at radius 2 is 2.25 bits per heavy atom. The van der Waals surface area contributed by atoms with E-state index in [2.05, 4.69) is 0 Å². The third-order valence-electron chi connectivity index (χ3n) is 3.46. The molecule has 0 bridgehead atoms. The molecule has 0 radical (unpaired) electrons. The highest BCUT2D eigenvalue weighted by Gasteiger charge is 2.25. The molecule has 5 heteroatoms. The lowest BCUT2D eigenvalue weighted by atomic mass is 10.3. The molecule has 0 aromatic heterocycles. The highest BCUT2D eigenvalue weighted by molar-refractivity contribution is 6.32. The van der Waals surface area contributed by atoms with Gasteiger partial charge >= 0.3 is 0 Å². The molecule has 1 atom stereocenters. The van der Waals surface area contributed by atoms with Crippen LogP contribution in [0.1, 0.15) is 19.3 Å². The van der Waals surface area contributed by atoms with Gasteiger partial charge in [-0.1, -0.05) is 23.7 Å². The van der Waals surface area contributed by atoms with Gasteiger partial charge < -0.3 is 14.4 Å². The third kappa shape index (κ3) is 4.12. The minimum absolute atomic E-state index is 0.173. The summed E-state index contributed by atoms with van der Waals surface area (Å²) < 4.78 is 10.8. The maximum atomic E-state index is 12.0. The van der Waals surface area contributed by atoms with Gasteiger partial charge in [0.15, 0.2) is 0 Å². The van der Waals surface area contributed by atoms with Crippen LogP contribution in [-0.4, -0.2) is 43.7 Å². The summed E-state index contributed by atoms with van der Waals surface area (Å²) >= 11 is 5.99. The Bertz CT molecular complexity index is 452. The lowest BCUT2D eigenvalue weighted by molar-refractivity contribution is -0.130. The molecule has 1 aromatic rings. The molecule has 20 heavy (non-hydrogen) atoms. The summed E-state index contributed by atoms with van der Waals surface area (Å²) in [7, 11) is 1.69. The summed E-state index contributed by atoms with van der Waals surface area (Å²) in [6.07, 6.45) is 2.32. The standard InChI is InChI=1S/C15H20ClNO3/c1-19-12-8-9-17(11-12)15(18)7-4-10-20-14-6-3-2-5-13(14)16/h2-3,5-6,12H,4,7-11H2,1H3. The van der Waals surface area contributed by atoms with E-state index in [1.165, 1.54) is 0 Å². The Balaban J connectivity index is 1.66. The number of likely N-dealkylation sites (tertiary alicyclic amines) is 1. The van der Waals surface area contributed by atoms with E-state index < -0.39 is 0 Å². The van der Waals surface area contributed by atoms with Crippen molar-refractivity contribution in [3.8, 4) is 5.75 Å². The highest BCUT2D eigenvalue weighted by atomic mass is 35.5. The molecule has 4 nitrogen and oxygen atoms in total. The number of amides is 1. The number of hydrogen-bond acceptors (Lipinski definition) is 3. The largest absolute Gasteiger partial charge is 0.492 e. The van der Waals surface area contributed by atoms with Crippen LogP contribution in [-0.2, 0) is 9.53 Å². The second-order valence-electron chi connectivity index (χ2n) is 4.87. The molecule has 1 aliphatic heterocycles. The summed E-state index contributed by atoms with van der Waals surface area (Å²) in [5, 5.41) is 0.598. The molecule has 1 unspecified atom stereocenters. The van der Waals surface area contributed by atoms with Gasteiger partial charge in [0.1, 0.15) is 5.75 Å². The third-order valence-corrected chi connectivity index (χ3v) is 3.77. The van der Waals surface area contributed by atoms with Crippen LogP contribution < -0.4 is 4.74 Å². The van der Waals surface area contributed by atoms with Crippen molar-refractivity contribution in [1.29, 1.82) is 0 Å². The highest BCUT2D eigenvalue weighted by Crippen LogP contribution is 2.23. The second-order valence-corrected chi connectivity index (χ2v) is 5.28. The smallest absolute Gasteiger partial charge is 0.222 e. The van der Waals surface area contributed by atoms with E-state index in [0.717, 1.165) is 13.0 Å². The number of halogens is 1. The maximum Gasteiger partial charge on any atom is 0.222 e. The molecule has 2 rings (SSSR count). The van der Waals surface area contributed by atoms with Gasteiger partial charge in [0, 0.05) is 26.6 Å². The molecular formula is C15H20ClNO3. The average molecular weight is 298 g/mol. The van der Waals surface area contributed by atoms with Crippen molar-refractivity contribution < 1.29 is 14.3 Å². The number of rotatable bonds is 6. The zero-order valence-electron chi connectivity index (χ0n) is 11.7. The molecule has 0 N–H and O–H groups in total. The van der Waals surface area contributed by atoms with E-state index in [-0.39, 0.29) is 12.0 Å². The van der Waals surface area contributed by atoms with Crippen molar-refractivity contribution in [1.82, 2.24) is 4.90 Å². The summed E-state index contributed by atoms with van der Waals surface area (Å²) in [5.74, 6) is 0.842. The number of hydrogen-bond donors (Lipinski definition) is 0. The Morgan fingerprint density at radius 1 is 1.45 bits per heavy atom. The van der Waals surface area contributed by atoms with Crippen LogP contribution in [0.25, 0.3) is 0 Å². The molecule has 0 saturated carbocycles. The molecule has 1 saturated heterocycles. The molecule has 1 aromatic carbocycles. The van der Waals surface area contributed by atoms with E-state index in [0.29, 0.717) is 36.8 Å². The molecule has 0 spiro atoms. The minimum atomic E-state index is 0.173. The molecule has 110 valence electrons. The van der Waals surface area contributed by atoms with Crippen LogP contribution in [0, 0.1) is 0 Å². The number of methoxy groups -OCH3 is 1. The fraction of sp³-hybridized carbons (Fsp3) is 0.533. The monoisotopic (exact) mass is 297 g/mol. The van der Waals surface area contributed by atoms with Gasteiger partial charge in [0.2, 0.25) is 5.91 Å². The molecule has 1 fully saturated rings. The van der Waals surface area contributed by atoms with Crippen LogP contribution >= 0.6 is 11.6 Å². The zero-order chi connectivity index (χ0) is 14.4. The van der Waals surface area contributed by atoms with Gasteiger partial charge in [-0.3, -0.25) is 4.79 Å². The number of nitrogens with zero attached hydrogens (tertiary/aromatic N) is 1. The summed E-state index contributed by atoms with van der Waals surface area (Å²) in [6, 6.07) is 7.35. The van der Waals surface area contributed by atoms with Crippen molar-refractivity contribution in [3.63, 3.8) is 0 Å². The number of benzene rings is 1. The van der Waals surface area contributed by atoms with Crippen molar-refractivity contribution >= 4 is 17.5 Å². The number of carbonyl (C=O) groups is 1. The maximum absolute atomic E-state index is 12.0. The van der Waals surface area contributed by atoms with Crippen LogP contribution in [0.5, 0.6) is 5.75 Å². The van der Waals surface area contributed by atoms with E-state index in [9.17, 15) is 4.79 Å². The predicted octanol–water partition coefficient (Wildman–Crippen LogP) is 2.75. The van der Waals surface area contributed by atoms with Crippen LogP contribution in [0.2, 0.25) is 5.02 Å².